The third-order valence-electron chi connectivity index (χ3n) is 1.69. The first kappa shape index (κ1) is 7.28. The van der Waals surface area contributed by atoms with Crippen LogP contribution in [0.15, 0.2) is 11.3 Å². The maximum atomic E-state index is 10.9. The third-order valence-corrected chi connectivity index (χ3v) is 1.69. The summed E-state index contributed by atoms with van der Waals surface area (Å²) in [4.78, 5) is 10.9. The van der Waals surface area contributed by atoms with E-state index in [2.05, 4.69) is 0 Å². The number of aliphatic hydroxyl groups excluding tert-OH is 1. The fraction of sp³-hybridized carbons (Fsp3) is 0.571. The number of Topliss-reactive ketones (excluding diaryl/α,β-unsaturated/α-hetero) is 1. The summed E-state index contributed by atoms with van der Waals surface area (Å²) in [5.41, 5.74) is 0.646. The van der Waals surface area contributed by atoms with E-state index in [1.807, 2.05) is 0 Å². The molecule has 0 aromatic carbocycles. The van der Waals surface area contributed by atoms with Crippen molar-refractivity contribution < 1.29 is 14.6 Å². The van der Waals surface area contributed by atoms with Gasteiger partial charge in [-0.25, -0.2) is 0 Å². The number of methoxy groups -OCH3 is 1. The number of allylic oxidation sites excluding steroid dienone is 1. The number of ketones is 1. The molecule has 0 aliphatic heterocycles. The second kappa shape index (κ2) is 2.42. The van der Waals surface area contributed by atoms with Gasteiger partial charge in [0.15, 0.2) is 11.5 Å². The standard InChI is InChI=1S/C7H10O3/c1-4-5(8)3-6(9)7(4)10-2/h5,8H,3H2,1-2H3. The molecule has 1 aliphatic rings. The van der Waals surface area contributed by atoms with Crippen LogP contribution in [-0.2, 0) is 9.53 Å². The molecule has 3 heteroatoms. The van der Waals surface area contributed by atoms with Crippen LogP contribution in [0.4, 0.5) is 0 Å². The largest absolute Gasteiger partial charge is 0.493 e. The summed E-state index contributed by atoms with van der Waals surface area (Å²) in [5, 5.41) is 9.11. The van der Waals surface area contributed by atoms with E-state index in [-0.39, 0.29) is 12.2 Å². The van der Waals surface area contributed by atoms with Gasteiger partial charge in [0.25, 0.3) is 0 Å². The van der Waals surface area contributed by atoms with Crippen molar-refractivity contribution in [3.63, 3.8) is 0 Å². The van der Waals surface area contributed by atoms with Gasteiger partial charge in [-0.1, -0.05) is 0 Å². The smallest absolute Gasteiger partial charge is 0.200 e. The Hall–Kier alpha value is -0.830. The number of carbonyl (C=O) groups is 1. The summed E-state index contributed by atoms with van der Waals surface area (Å²) in [6.07, 6.45) is -0.447. The molecule has 0 saturated heterocycles. The lowest BCUT2D eigenvalue weighted by molar-refractivity contribution is -0.118. The van der Waals surface area contributed by atoms with E-state index in [1.54, 1.807) is 6.92 Å². The summed E-state index contributed by atoms with van der Waals surface area (Å²) < 4.78 is 4.78. The fourth-order valence-corrected chi connectivity index (χ4v) is 1.07. The Kier molecular flexibility index (Phi) is 1.76. The zero-order chi connectivity index (χ0) is 7.72. The van der Waals surface area contributed by atoms with Crippen molar-refractivity contribution in [2.24, 2.45) is 0 Å². The van der Waals surface area contributed by atoms with Crippen LogP contribution in [0.1, 0.15) is 13.3 Å². The van der Waals surface area contributed by atoms with Crippen LogP contribution in [0.5, 0.6) is 0 Å². The van der Waals surface area contributed by atoms with Crippen LogP contribution >= 0.6 is 0 Å². The van der Waals surface area contributed by atoms with E-state index < -0.39 is 6.10 Å². The molecule has 0 saturated carbocycles. The first-order valence-electron chi connectivity index (χ1n) is 3.13. The van der Waals surface area contributed by atoms with Crippen molar-refractivity contribution >= 4 is 5.78 Å². The molecule has 10 heavy (non-hydrogen) atoms. The normalized spacial score (nSPS) is 25.9. The maximum absolute atomic E-state index is 10.9. The summed E-state index contributed by atoms with van der Waals surface area (Å²) in [5.74, 6) is 0.222. The van der Waals surface area contributed by atoms with Crippen molar-refractivity contribution in [3.05, 3.63) is 11.3 Å². The lowest BCUT2D eigenvalue weighted by Gasteiger charge is -1.99. The molecule has 1 unspecified atom stereocenters. The van der Waals surface area contributed by atoms with Gasteiger partial charge in [0.2, 0.25) is 0 Å². The number of ether oxygens (including phenoxy) is 1. The minimum atomic E-state index is -0.623. The molecule has 1 atom stereocenters. The van der Waals surface area contributed by atoms with E-state index >= 15 is 0 Å². The molecule has 0 bridgehead atoms. The second-order valence-electron chi connectivity index (χ2n) is 2.36. The molecule has 1 rings (SSSR count). The van der Waals surface area contributed by atoms with Gasteiger partial charge in [0.1, 0.15) is 0 Å². The molecule has 56 valence electrons. The molecule has 1 aliphatic carbocycles. The topological polar surface area (TPSA) is 46.5 Å². The first-order valence-corrected chi connectivity index (χ1v) is 3.13. The maximum Gasteiger partial charge on any atom is 0.200 e. The molecule has 0 aromatic rings. The molecule has 0 spiro atoms. The van der Waals surface area contributed by atoms with Crippen molar-refractivity contribution in [2.45, 2.75) is 19.4 Å². The molecule has 0 aromatic heterocycles. The van der Waals surface area contributed by atoms with Gasteiger partial charge >= 0.3 is 0 Å². The lowest BCUT2D eigenvalue weighted by Crippen LogP contribution is -2.03. The summed E-state index contributed by atoms with van der Waals surface area (Å²) in [7, 11) is 1.44. The Labute approximate surface area is 59.3 Å². The van der Waals surface area contributed by atoms with E-state index in [0.717, 1.165) is 0 Å². The van der Waals surface area contributed by atoms with E-state index in [9.17, 15) is 4.79 Å². The Morgan fingerprint density at radius 2 is 2.30 bits per heavy atom. The van der Waals surface area contributed by atoms with E-state index in [4.69, 9.17) is 9.84 Å². The third kappa shape index (κ3) is 0.926. The average Bonchev–Trinajstić information content (AvgIpc) is 2.09. The monoisotopic (exact) mass is 142 g/mol. The highest BCUT2D eigenvalue weighted by Gasteiger charge is 2.28. The van der Waals surface area contributed by atoms with Gasteiger partial charge in [-0.15, -0.1) is 0 Å². The Morgan fingerprint density at radius 3 is 2.50 bits per heavy atom. The summed E-state index contributed by atoms with van der Waals surface area (Å²) in [6, 6.07) is 0. The van der Waals surface area contributed by atoms with Gasteiger partial charge in [-0.05, 0) is 6.92 Å². The molecule has 0 amide bonds. The predicted octanol–water partition coefficient (Wildman–Crippen LogP) is 0.240. The highest BCUT2D eigenvalue weighted by Crippen LogP contribution is 2.22. The number of carbonyl (C=O) groups excluding carboxylic acids is 1. The van der Waals surface area contributed by atoms with Gasteiger partial charge in [-0.2, -0.15) is 0 Å². The Bertz CT molecular complexity index is 193. The first-order chi connectivity index (χ1) is 4.66. The minimum absolute atomic E-state index is 0.104. The second-order valence-corrected chi connectivity index (χ2v) is 2.36. The highest BCUT2D eigenvalue weighted by molar-refractivity contribution is 5.97. The molecule has 0 radical (unpaired) electrons. The van der Waals surface area contributed by atoms with Crippen molar-refractivity contribution in [1.29, 1.82) is 0 Å². The van der Waals surface area contributed by atoms with Gasteiger partial charge in [-0.3, -0.25) is 4.79 Å². The quantitative estimate of drug-likeness (QED) is 0.570. The van der Waals surface area contributed by atoms with E-state index in [0.29, 0.717) is 11.3 Å². The van der Waals surface area contributed by atoms with Crippen molar-refractivity contribution in [3.8, 4) is 0 Å². The van der Waals surface area contributed by atoms with Gasteiger partial charge < -0.3 is 9.84 Å². The van der Waals surface area contributed by atoms with Crippen LogP contribution in [0.2, 0.25) is 0 Å². The zero-order valence-corrected chi connectivity index (χ0v) is 6.05. The molecule has 0 heterocycles. The molecule has 0 fully saturated rings. The highest BCUT2D eigenvalue weighted by atomic mass is 16.5. The molecular weight excluding hydrogens is 132 g/mol. The van der Waals surface area contributed by atoms with Crippen LogP contribution in [0, 0.1) is 0 Å². The lowest BCUT2D eigenvalue weighted by atomic mass is 10.2. The van der Waals surface area contributed by atoms with Crippen LogP contribution < -0.4 is 0 Å². The Morgan fingerprint density at radius 1 is 1.70 bits per heavy atom. The van der Waals surface area contributed by atoms with Crippen LogP contribution in [-0.4, -0.2) is 24.1 Å². The summed E-state index contributed by atoms with van der Waals surface area (Å²) >= 11 is 0. The average molecular weight is 142 g/mol. The van der Waals surface area contributed by atoms with E-state index in [1.165, 1.54) is 7.11 Å². The molecule has 1 N–H and O–H groups in total. The number of hydrogen-bond donors (Lipinski definition) is 1. The number of rotatable bonds is 1. The van der Waals surface area contributed by atoms with Crippen molar-refractivity contribution in [2.75, 3.05) is 7.11 Å². The van der Waals surface area contributed by atoms with Crippen molar-refractivity contribution in [1.82, 2.24) is 0 Å². The minimum Gasteiger partial charge on any atom is -0.493 e. The molecular formula is C7H10O3. The number of hydrogen-bond acceptors (Lipinski definition) is 3. The summed E-state index contributed by atoms with van der Waals surface area (Å²) in [6.45, 7) is 1.70. The Balaban J connectivity index is 2.90. The van der Waals surface area contributed by atoms with Crippen LogP contribution in [0.25, 0.3) is 0 Å². The SMILES string of the molecule is COC1=C(C)C(O)CC1=O. The predicted molar refractivity (Wildman–Crippen MR) is 35.3 cm³/mol. The van der Waals surface area contributed by atoms with Crippen LogP contribution in [0.3, 0.4) is 0 Å². The number of aliphatic hydroxyl groups is 1. The van der Waals surface area contributed by atoms with Gasteiger partial charge in [0.05, 0.1) is 13.2 Å². The fourth-order valence-electron chi connectivity index (χ4n) is 1.07. The van der Waals surface area contributed by atoms with Gasteiger partial charge in [0, 0.05) is 12.0 Å². The molecule has 3 nitrogen and oxygen atoms in total. The zero-order valence-electron chi connectivity index (χ0n) is 6.05.